The smallest absolute Gasteiger partial charge is 0.317 e. The molecule has 0 radical (unpaired) electrons. The van der Waals surface area contributed by atoms with E-state index in [0.29, 0.717) is 19.1 Å². The quantitative estimate of drug-likeness (QED) is 0.736. The summed E-state index contributed by atoms with van der Waals surface area (Å²) >= 11 is 0. The third-order valence-electron chi connectivity index (χ3n) is 2.29. The third kappa shape index (κ3) is 3.25. The van der Waals surface area contributed by atoms with Crippen LogP contribution in [-0.2, 0) is 0 Å². The van der Waals surface area contributed by atoms with E-state index in [1.54, 1.807) is 4.90 Å². The van der Waals surface area contributed by atoms with Crippen molar-refractivity contribution in [3.63, 3.8) is 0 Å². The number of hydrogen-bond donors (Lipinski definition) is 1. The molecule has 0 spiro atoms. The first-order chi connectivity index (χ1) is 6.67. The summed E-state index contributed by atoms with van der Waals surface area (Å²) in [6, 6.07) is 2.48. The van der Waals surface area contributed by atoms with Crippen LogP contribution in [-0.4, -0.2) is 30.1 Å². The van der Waals surface area contributed by atoms with Crippen LogP contribution in [0.3, 0.4) is 0 Å². The molecule has 0 aromatic rings. The average molecular weight is 195 g/mol. The zero-order valence-electron chi connectivity index (χ0n) is 8.79. The van der Waals surface area contributed by atoms with Crippen LogP contribution in [0.2, 0.25) is 0 Å². The molecule has 0 aromatic heterocycles. The fraction of sp³-hybridized carbons (Fsp3) is 0.800. The number of hydrogen-bond acceptors (Lipinski definition) is 2. The summed E-state index contributed by atoms with van der Waals surface area (Å²) in [4.78, 5) is 13.3. The van der Waals surface area contributed by atoms with Crippen molar-refractivity contribution in [2.45, 2.75) is 32.7 Å². The molecule has 1 aliphatic carbocycles. The zero-order valence-corrected chi connectivity index (χ0v) is 8.79. The molecule has 0 aromatic carbocycles. The summed E-state index contributed by atoms with van der Waals surface area (Å²) in [5, 5.41) is 11.6. The van der Waals surface area contributed by atoms with Gasteiger partial charge in [0.05, 0.1) is 12.0 Å². The normalized spacial score (nSPS) is 16.9. The highest BCUT2D eigenvalue weighted by Gasteiger charge is 2.25. The van der Waals surface area contributed by atoms with Crippen molar-refractivity contribution >= 4 is 6.03 Å². The molecule has 14 heavy (non-hydrogen) atoms. The van der Waals surface area contributed by atoms with E-state index in [0.717, 1.165) is 12.8 Å². The molecule has 1 unspecified atom stereocenters. The molecule has 1 N–H and O–H groups in total. The standard InChI is InChI=1S/C10H17N3O/c1-3-13(7-8(2)6-11)10(14)12-9-4-5-9/h8-9H,3-5,7H2,1-2H3,(H,12,14). The SMILES string of the molecule is CCN(CC(C)C#N)C(=O)NC1CC1. The lowest BCUT2D eigenvalue weighted by Gasteiger charge is -2.22. The predicted molar refractivity (Wildman–Crippen MR) is 53.6 cm³/mol. The number of nitrogens with one attached hydrogen (secondary N) is 1. The molecule has 4 nitrogen and oxygen atoms in total. The van der Waals surface area contributed by atoms with E-state index >= 15 is 0 Å². The summed E-state index contributed by atoms with van der Waals surface area (Å²) < 4.78 is 0. The second kappa shape index (κ2) is 4.85. The van der Waals surface area contributed by atoms with Crippen molar-refractivity contribution in [1.29, 1.82) is 5.26 Å². The number of nitriles is 1. The second-order valence-corrected chi connectivity index (χ2v) is 3.79. The Balaban J connectivity index is 2.35. The lowest BCUT2D eigenvalue weighted by molar-refractivity contribution is 0.196. The van der Waals surface area contributed by atoms with Crippen molar-refractivity contribution in [2.75, 3.05) is 13.1 Å². The summed E-state index contributed by atoms with van der Waals surface area (Å²) in [7, 11) is 0. The summed E-state index contributed by atoms with van der Waals surface area (Å²) in [6.07, 6.45) is 2.19. The van der Waals surface area contributed by atoms with E-state index in [2.05, 4.69) is 11.4 Å². The molecular weight excluding hydrogens is 178 g/mol. The largest absolute Gasteiger partial charge is 0.335 e. The van der Waals surface area contributed by atoms with Gasteiger partial charge in [0, 0.05) is 19.1 Å². The van der Waals surface area contributed by atoms with Gasteiger partial charge >= 0.3 is 6.03 Å². The average Bonchev–Trinajstić information content (AvgIpc) is 2.97. The minimum Gasteiger partial charge on any atom is -0.335 e. The minimum atomic E-state index is -0.0973. The van der Waals surface area contributed by atoms with Gasteiger partial charge in [0.25, 0.3) is 0 Å². The second-order valence-electron chi connectivity index (χ2n) is 3.79. The van der Waals surface area contributed by atoms with Gasteiger partial charge in [-0.3, -0.25) is 0 Å². The number of nitrogens with zero attached hydrogens (tertiary/aromatic N) is 2. The maximum Gasteiger partial charge on any atom is 0.317 e. The van der Waals surface area contributed by atoms with E-state index in [9.17, 15) is 4.79 Å². The molecule has 1 rings (SSSR count). The number of carbonyl (C=O) groups is 1. The number of rotatable bonds is 4. The topological polar surface area (TPSA) is 56.1 Å². The molecule has 1 fully saturated rings. The Morgan fingerprint density at radius 3 is 2.79 bits per heavy atom. The van der Waals surface area contributed by atoms with Gasteiger partial charge in [0.15, 0.2) is 0 Å². The Kier molecular flexibility index (Phi) is 3.75. The minimum absolute atomic E-state index is 0.0305. The predicted octanol–water partition coefficient (Wildman–Crippen LogP) is 1.34. The first-order valence-electron chi connectivity index (χ1n) is 5.12. The highest BCUT2D eigenvalue weighted by molar-refractivity contribution is 5.74. The molecule has 78 valence electrons. The van der Waals surface area contributed by atoms with Gasteiger partial charge in [0.2, 0.25) is 0 Å². The van der Waals surface area contributed by atoms with Gasteiger partial charge in [-0.2, -0.15) is 5.26 Å². The molecule has 1 aliphatic rings. The van der Waals surface area contributed by atoms with Crippen LogP contribution in [0.25, 0.3) is 0 Å². The lowest BCUT2D eigenvalue weighted by Crippen LogP contribution is -2.42. The van der Waals surface area contributed by atoms with Gasteiger partial charge in [-0.1, -0.05) is 0 Å². The Hall–Kier alpha value is -1.24. The maximum atomic E-state index is 11.6. The van der Waals surface area contributed by atoms with E-state index < -0.39 is 0 Å². The van der Waals surface area contributed by atoms with Crippen LogP contribution in [0.1, 0.15) is 26.7 Å². The lowest BCUT2D eigenvalue weighted by atomic mass is 10.2. The number of carbonyl (C=O) groups excluding carboxylic acids is 1. The van der Waals surface area contributed by atoms with Gasteiger partial charge in [-0.15, -0.1) is 0 Å². The van der Waals surface area contributed by atoms with Crippen LogP contribution >= 0.6 is 0 Å². The summed E-state index contributed by atoms with van der Waals surface area (Å²) in [5.74, 6) is -0.0973. The van der Waals surface area contributed by atoms with Crippen molar-refractivity contribution in [3.8, 4) is 6.07 Å². The third-order valence-corrected chi connectivity index (χ3v) is 2.29. The van der Waals surface area contributed by atoms with Gasteiger partial charge in [-0.25, -0.2) is 4.79 Å². The van der Waals surface area contributed by atoms with Crippen molar-refractivity contribution < 1.29 is 4.79 Å². The molecule has 0 heterocycles. The van der Waals surface area contributed by atoms with E-state index in [-0.39, 0.29) is 11.9 Å². The molecule has 0 aliphatic heterocycles. The summed E-state index contributed by atoms with van der Waals surface area (Å²) in [5.41, 5.74) is 0. The molecule has 1 saturated carbocycles. The van der Waals surface area contributed by atoms with Crippen LogP contribution < -0.4 is 5.32 Å². The first-order valence-corrected chi connectivity index (χ1v) is 5.12. The molecule has 4 heteroatoms. The van der Waals surface area contributed by atoms with Crippen LogP contribution in [0.5, 0.6) is 0 Å². The van der Waals surface area contributed by atoms with Crippen molar-refractivity contribution in [1.82, 2.24) is 10.2 Å². The maximum absolute atomic E-state index is 11.6. The highest BCUT2D eigenvalue weighted by Crippen LogP contribution is 2.18. The van der Waals surface area contributed by atoms with E-state index in [4.69, 9.17) is 5.26 Å². The van der Waals surface area contributed by atoms with Crippen LogP contribution in [0, 0.1) is 17.2 Å². The Labute approximate surface area is 84.9 Å². The van der Waals surface area contributed by atoms with Gasteiger partial charge in [0.1, 0.15) is 0 Å². The Morgan fingerprint density at radius 2 is 2.36 bits per heavy atom. The Bertz CT molecular complexity index is 242. The van der Waals surface area contributed by atoms with Crippen molar-refractivity contribution in [3.05, 3.63) is 0 Å². The van der Waals surface area contributed by atoms with Crippen LogP contribution in [0.15, 0.2) is 0 Å². The highest BCUT2D eigenvalue weighted by atomic mass is 16.2. The van der Waals surface area contributed by atoms with Gasteiger partial charge in [-0.05, 0) is 26.7 Å². The van der Waals surface area contributed by atoms with E-state index in [1.807, 2.05) is 13.8 Å². The van der Waals surface area contributed by atoms with E-state index in [1.165, 1.54) is 0 Å². The van der Waals surface area contributed by atoms with Crippen LogP contribution in [0.4, 0.5) is 4.79 Å². The molecule has 1 atom stereocenters. The fourth-order valence-corrected chi connectivity index (χ4v) is 1.22. The summed E-state index contributed by atoms with van der Waals surface area (Å²) in [6.45, 7) is 4.93. The van der Waals surface area contributed by atoms with Crippen molar-refractivity contribution in [2.24, 2.45) is 5.92 Å². The Morgan fingerprint density at radius 1 is 1.71 bits per heavy atom. The number of urea groups is 1. The molecule has 0 bridgehead atoms. The number of amides is 2. The monoisotopic (exact) mass is 195 g/mol. The zero-order chi connectivity index (χ0) is 10.6. The molecule has 0 saturated heterocycles. The molecular formula is C10H17N3O. The fourth-order valence-electron chi connectivity index (χ4n) is 1.22. The molecule has 2 amide bonds. The van der Waals surface area contributed by atoms with Gasteiger partial charge < -0.3 is 10.2 Å². The first kappa shape index (κ1) is 10.8.